The second-order valence-corrected chi connectivity index (χ2v) is 8.09. The van der Waals surface area contributed by atoms with Crippen LogP contribution in [0.3, 0.4) is 0 Å². The van der Waals surface area contributed by atoms with Gasteiger partial charge in [0.25, 0.3) is 0 Å². The standard InChI is InChI=1S/C24H32N2O2/c1-18(2)14-16-26-15-6-7-20(17-26)24(27)25-23-9-5-4-8-22(23)19-10-12-21(28-3)13-11-19/h4-5,8-13,18,20H,6-7,14-17H2,1-3H3,(H,25,27)/t20-/m1/s1. The highest BCUT2D eigenvalue weighted by Crippen LogP contribution is 2.30. The molecule has 4 heteroatoms. The van der Waals surface area contributed by atoms with Gasteiger partial charge in [-0.2, -0.15) is 0 Å². The smallest absolute Gasteiger partial charge is 0.228 e. The Kier molecular flexibility index (Phi) is 7.10. The fraction of sp³-hybridized carbons (Fsp3) is 0.458. The van der Waals surface area contributed by atoms with Crippen LogP contribution in [0.2, 0.25) is 0 Å². The summed E-state index contributed by atoms with van der Waals surface area (Å²) in [6, 6.07) is 15.9. The van der Waals surface area contributed by atoms with Gasteiger partial charge >= 0.3 is 0 Å². The second-order valence-electron chi connectivity index (χ2n) is 8.09. The maximum absolute atomic E-state index is 13.0. The third-order valence-electron chi connectivity index (χ3n) is 5.48. The predicted molar refractivity (Wildman–Crippen MR) is 116 cm³/mol. The van der Waals surface area contributed by atoms with E-state index in [1.165, 1.54) is 6.42 Å². The maximum atomic E-state index is 13.0. The van der Waals surface area contributed by atoms with Crippen molar-refractivity contribution in [1.29, 1.82) is 0 Å². The molecule has 0 unspecified atom stereocenters. The molecular weight excluding hydrogens is 348 g/mol. The van der Waals surface area contributed by atoms with Gasteiger partial charge in [0.2, 0.25) is 5.91 Å². The van der Waals surface area contributed by atoms with Gasteiger partial charge < -0.3 is 15.0 Å². The number of methoxy groups -OCH3 is 1. The second kappa shape index (κ2) is 9.74. The van der Waals surface area contributed by atoms with Crippen LogP contribution in [0.4, 0.5) is 5.69 Å². The lowest BCUT2D eigenvalue weighted by Crippen LogP contribution is -2.41. The summed E-state index contributed by atoms with van der Waals surface area (Å²) in [5, 5.41) is 3.20. The molecule has 2 aromatic rings. The van der Waals surface area contributed by atoms with Gasteiger partial charge in [0.05, 0.1) is 13.0 Å². The molecule has 0 radical (unpaired) electrons. The Morgan fingerprint density at radius 1 is 1.18 bits per heavy atom. The zero-order valence-corrected chi connectivity index (χ0v) is 17.3. The van der Waals surface area contributed by atoms with Crippen molar-refractivity contribution in [3.8, 4) is 16.9 Å². The first-order valence-corrected chi connectivity index (χ1v) is 10.3. The number of para-hydroxylation sites is 1. The van der Waals surface area contributed by atoms with Crippen LogP contribution in [-0.2, 0) is 4.79 Å². The lowest BCUT2D eigenvalue weighted by molar-refractivity contribution is -0.121. The van der Waals surface area contributed by atoms with E-state index >= 15 is 0 Å². The van der Waals surface area contributed by atoms with Gasteiger partial charge in [-0.15, -0.1) is 0 Å². The fourth-order valence-electron chi connectivity index (χ4n) is 3.76. The molecule has 3 rings (SSSR count). The first-order valence-electron chi connectivity index (χ1n) is 10.3. The molecule has 1 saturated heterocycles. The maximum Gasteiger partial charge on any atom is 0.228 e. The normalized spacial score (nSPS) is 17.5. The van der Waals surface area contributed by atoms with Crippen molar-refractivity contribution < 1.29 is 9.53 Å². The van der Waals surface area contributed by atoms with Crippen LogP contribution in [0, 0.1) is 11.8 Å². The molecule has 0 spiro atoms. The quantitative estimate of drug-likeness (QED) is 0.730. The number of rotatable bonds is 7. The third kappa shape index (κ3) is 5.35. The molecule has 0 aliphatic carbocycles. The number of amides is 1. The Balaban J connectivity index is 1.68. The van der Waals surface area contributed by atoms with Crippen LogP contribution < -0.4 is 10.1 Å². The molecule has 0 saturated carbocycles. The van der Waals surface area contributed by atoms with Crippen molar-refractivity contribution >= 4 is 11.6 Å². The zero-order valence-electron chi connectivity index (χ0n) is 17.3. The van der Waals surface area contributed by atoms with Crippen LogP contribution in [0.1, 0.15) is 33.1 Å². The van der Waals surface area contributed by atoms with Crippen LogP contribution in [0.25, 0.3) is 11.1 Å². The summed E-state index contributed by atoms with van der Waals surface area (Å²) in [5.74, 6) is 1.72. The molecule has 0 bridgehead atoms. The minimum absolute atomic E-state index is 0.0600. The molecule has 1 N–H and O–H groups in total. The highest BCUT2D eigenvalue weighted by molar-refractivity contribution is 5.97. The predicted octanol–water partition coefficient (Wildman–Crippen LogP) is 5.06. The number of carbonyl (C=O) groups is 1. The molecule has 1 aliphatic heterocycles. The number of anilines is 1. The third-order valence-corrected chi connectivity index (χ3v) is 5.48. The number of benzene rings is 2. The number of hydrogen-bond donors (Lipinski definition) is 1. The van der Waals surface area contributed by atoms with Gasteiger partial charge in [-0.25, -0.2) is 0 Å². The van der Waals surface area contributed by atoms with Gasteiger partial charge in [0.15, 0.2) is 0 Å². The Hall–Kier alpha value is -2.33. The largest absolute Gasteiger partial charge is 0.497 e. The van der Waals surface area contributed by atoms with Crippen LogP contribution in [0.5, 0.6) is 5.75 Å². The van der Waals surface area contributed by atoms with E-state index in [9.17, 15) is 4.79 Å². The van der Waals surface area contributed by atoms with Crippen molar-refractivity contribution in [2.24, 2.45) is 11.8 Å². The molecule has 4 nitrogen and oxygen atoms in total. The fourth-order valence-corrected chi connectivity index (χ4v) is 3.76. The number of piperidine rings is 1. The Morgan fingerprint density at radius 2 is 1.93 bits per heavy atom. The topological polar surface area (TPSA) is 41.6 Å². The highest BCUT2D eigenvalue weighted by Gasteiger charge is 2.26. The molecule has 1 fully saturated rings. The summed E-state index contributed by atoms with van der Waals surface area (Å²) in [7, 11) is 1.66. The van der Waals surface area contributed by atoms with E-state index in [1.807, 2.05) is 48.5 Å². The van der Waals surface area contributed by atoms with Crippen molar-refractivity contribution in [2.45, 2.75) is 33.1 Å². The molecular formula is C24H32N2O2. The van der Waals surface area contributed by atoms with Crippen molar-refractivity contribution in [2.75, 3.05) is 32.1 Å². The van der Waals surface area contributed by atoms with Crippen LogP contribution >= 0.6 is 0 Å². The summed E-state index contributed by atoms with van der Waals surface area (Å²) < 4.78 is 5.25. The molecule has 2 aromatic carbocycles. The monoisotopic (exact) mass is 380 g/mol. The van der Waals surface area contributed by atoms with E-state index in [0.717, 1.165) is 55.0 Å². The summed E-state index contributed by atoms with van der Waals surface area (Å²) in [4.78, 5) is 15.4. The first-order chi connectivity index (χ1) is 13.6. The zero-order chi connectivity index (χ0) is 19.9. The van der Waals surface area contributed by atoms with Gasteiger partial charge in [-0.1, -0.05) is 44.2 Å². The number of hydrogen-bond acceptors (Lipinski definition) is 3. The van der Waals surface area contributed by atoms with Crippen molar-refractivity contribution in [3.05, 3.63) is 48.5 Å². The molecule has 0 aromatic heterocycles. The Bertz CT molecular complexity index is 770. The first kappa shape index (κ1) is 20.4. The van der Waals surface area contributed by atoms with Gasteiger partial charge in [-0.3, -0.25) is 4.79 Å². The molecule has 1 atom stereocenters. The average Bonchev–Trinajstić information content (AvgIpc) is 2.73. The Labute approximate surface area is 168 Å². The van der Waals surface area contributed by atoms with Crippen molar-refractivity contribution in [1.82, 2.24) is 4.90 Å². The minimum atomic E-state index is 0.0600. The SMILES string of the molecule is COc1ccc(-c2ccccc2NC(=O)[C@@H]2CCCN(CCC(C)C)C2)cc1. The molecule has 1 aliphatic rings. The lowest BCUT2D eigenvalue weighted by Gasteiger charge is -2.32. The number of carbonyl (C=O) groups excluding carboxylic acids is 1. The number of nitrogens with zero attached hydrogens (tertiary/aromatic N) is 1. The van der Waals surface area contributed by atoms with E-state index in [4.69, 9.17) is 4.74 Å². The van der Waals surface area contributed by atoms with Crippen LogP contribution in [0.15, 0.2) is 48.5 Å². The summed E-state index contributed by atoms with van der Waals surface area (Å²) in [6.07, 6.45) is 3.25. The molecule has 1 amide bonds. The van der Waals surface area contributed by atoms with E-state index < -0.39 is 0 Å². The number of nitrogens with one attached hydrogen (secondary N) is 1. The Morgan fingerprint density at radius 3 is 2.64 bits per heavy atom. The number of likely N-dealkylation sites (tertiary alicyclic amines) is 1. The summed E-state index contributed by atoms with van der Waals surface area (Å²) in [5.41, 5.74) is 2.97. The summed E-state index contributed by atoms with van der Waals surface area (Å²) in [6.45, 7) is 7.57. The van der Waals surface area contributed by atoms with E-state index in [1.54, 1.807) is 7.11 Å². The average molecular weight is 381 g/mol. The van der Waals surface area contributed by atoms with Gasteiger partial charge in [-0.05, 0) is 62.0 Å². The van der Waals surface area contributed by atoms with E-state index in [0.29, 0.717) is 5.92 Å². The molecule has 28 heavy (non-hydrogen) atoms. The van der Waals surface area contributed by atoms with Crippen molar-refractivity contribution in [3.63, 3.8) is 0 Å². The van der Waals surface area contributed by atoms with E-state index in [-0.39, 0.29) is 11.8 Å². The van der Waals surface area contributed by atoms with Gasteiger partial charge in [0.1, 0.15) is 5.75 Å². The summed E-state index contributed by atoms with van der Waals surface area (Å²) >= 11 is 0. The number of ether oxygens (including phenoxy) is 1. The lowest BCUT2D eigenvalue weighted by atomic mass is 9.96. The minimum Gasteiger partial charge on any atom is -0.497 e. The van der Waals surface area contributed by atoms with E-state index in [2.05, 4.69) is 24.1 Å². The molecule has 150 valence electrons. The molecule has 1 heterocycles. The van der Waals surface area contributed by atoms with Crippen LogP contribution in [-0.4, -0.2) is 37.6 Å². The highest BCUT2D eigenvalue weighted by atomic mass is 16.5. The van der Waals surface area contributed by atoms with Gasteiger partial charge in [0, 0.05) is 17.8 Å².